The second-order valence-corrected chi connectivity index (χ2v) is 6.40. The summed E-state index contributed by atoms with van der Waals surface area (Å²) in [5.74, 6) is 1.46. The maximum Gasteiger partial charge on any atom is 0.222 e. The first-order valence-corrected chi connectivity index (χ1v) is 7.44. The third-order valence-corrected chi connectivity index (χ3v) is 4.11. The Labute approximate surface area is 130 Å². The monoisotopic (exact) mass is 302 g/mol. The summed E-state index contributed by atoms with van der Waals surface area (Å²) in [6.07, 6.45) is 3.41. The van der Waals surface area contributed by atoms with Gasteiger partial charge in [-0.2, -0.15) is 5.10 Å². The van der Waals surface area contributed by atoms with Crippen LogP contribution in [0.25, 0.3) is 0 Å². The Bertz CT molecular complexity index is 648. The van der Waals surface area contributed by atoms with Gasteiger partial charge in [0.25, 0.3) is 0 Å². The number of aliphatic hydroxyl groups is 1. The number of likely N-dealkylation sites (tertiary alicyclic amines) is 1. The lowest BCUT2D eigenvalue weighted by molar-refractivity contribution is -0.0322. The van der Waals surface area contributed by atoms with Crippen LogP contribution in [0.2, 0.25) is 0 Å². The zero-order chi connectivity index (χ0) is 15.7. The lowest BCUT2D eigenvalue weighted by Gasteiger charge is -2.47. The van der Waals surface area contributed by atoms with Gasteiger partial charge in [0.1, 0.15) is 5.75 Å². The summed E-state index contributed by atoms with van der Waals surface area (Å²) in [5.41, 5.74) is 2.09. The average molecular weight is 302 g/mol. The van der Waals surface area contributed by atoms with E-state index >= 15 is 0 Å². The summed E-state index contributed by atoms with van der Waals surface area (Å²) < 4.78 is 7.74. The van der Waals surface area contributed by atoms with Crippen molar-refractivity contribution in [1.29, 1.82) is 0 Å². The Morgan fingerprint density at radius 3 is 2.82 bits per heavy atom. The van der Waals surface area contributed by atoms with Crippen LogP contribution in [0, 0.1) is 12.3 Å². The fraction of sp³-hybridized carbons (Fsp3) is 0.500. The third kappa shape index (κ3) is 2.84. The first-order chi connectivity index (χ1) is 10.5. The lowest BCUT2D eigenvalue weighted by atomic mass is 9.83. The van der Waals surface area contributed by atoms with Crippen LogP contribution < -0.4 is 4.74 Å². The van der Waals surface area contributed by atoms with E-state index in [1.165, 1.54) is 0 Å². The molecule has 0 spiro atoms. The highest BCUT2D eigenvalue weighted by molar-refractivity contribution is 5.35. The molecule has 0 saturated carbocycles. The van der Waals surface area contributed by atoms with Crippen LogP contribution in [0.3, 0.4) is 0 Å². The number of rotatable bonds is 5. The van der Waals surface area contributed by atoms with E-state index in [0.29, 0.717) is 5.75 Å². The molecule has 6 nitrogen and oxygen atoms in total. The van der Waals surface area contributed by atoms with Crippen LogP contribution in [-0.2, 0) is 13.6 Å². The largest absolute Gasteiger partial charge is 0.437 e. The average Bonchev–Trinajstić information content (AvgIpc) is 2.73. The Morgan fingerprint density at radius 1 is 1.41 bits per heavy atom. The van der Waals surface area contributed by atoms with Crippen molar-refractivity contribution in [2.24, 2.45) is 12.5 Å². The molecular formula is C16H22N4O2. The number of aryl methyl sites for hydroxylation is 2. The van der Waals surface area contributed by atoms with E-state index in [0.717, 1.165) is 36.8 Å². The number of aromatic nitrogens is 3. The van der Waals surface area contributed by atoms with Gasteiger partial charge in [-0.15, -0.1) is 0 Å². The summed E-state index contributed by atoms with van der Waals surface area (Å²) >= 11 is 0. The van der Waals surface area contributed by atoms with E-state index in [1.54, 1.807) is 17.1 Å². The summed E-state index contributed by atoms with van der Waals surface area (Å²) in [6, 6.07) is 3.73. The molecule has 0 bridgehead atoms. The molecule has 0 amide bonds. The van der Waals surface area contributed by atoms with E-state index < -0.39 is 0 Å². The molecule has 0 atom stereocenters. The van der Waals surface area contributed by atoms with Crippen LogP contribution in [-0.4, -0.2) is 44.5 Å². The van der Waals surface area contributed by atoms with Crippen molar-refractivity contribution in [1.82, 2.24) is 19.7 Å². The summed E-state index contributed by atoms with van der Waals surface area (Å²) in [6.45, 7) is 6.90. The van der Waals surface area contributed by atoms with Crippen molar-refractivity contribution in [3.63, 3.8) is 0 Å². The zero-order valence-electron chi connectivity index (χ0n) is 13.3. The number of hydrogen-bond acceptors (Lipinski definition) is 5. The Hall–Kier alpha value is -1.92. The van der Waals surface area contributed by atoms with Crippen LogP contribution >= 0.6 is 0 Å². The molecule has 0 unspecified atom stereocenters. The Morgan fingerprint density at radius 2 is 2.18 bits per heavy atom. The molecule has 0 aromatic carbocycles. The minimum Gasteiger partial charge on any atom is -0.437 e. The molecule has 6 heteroatoms. The minimum absolute atomic E-state index is 0.0283. The Balaban J connectivity index is 1.77. The quantitative estimate of drug-likeness (QED) is 0.911. The Kier molecular flexibility index (Phi) is 3.88. The van der Waals surface area contributed by atoms with Crippen LogP contribution in [0.5, 0.6) is 11.6 Å². The standard InChI is InChI=1S/C16H22N4O2/c1-12-14(8-20-9-16(2,10-20)11-21)15(19(3)18-12)22-13-5-4-6-17-7-13/h4-7,21H,8-11H2,1-3H3. The maximum atomic E-state index is 9.36. The lowest BCUT2D eigenvalue weighted by Crippen LogP contribution is -2.55. The van der Waals surface area contributed by atoms with Crippen LogP contribution in [0.15, 0.2) is 24.5 Å². The number of pyridine rings is 1. The van der Waals surface area contributed by atoms with E-state index in [1.807, 2.05) is 26.1 Å². The summed E-state index contributed by atoms with van der Waals surface area (Å²) in [7, 11) is 1.89. The van der Waals surface area contributed by atoms with Gasteiger partial charge >= 0.3 is 0 Å². The molecule has 2 aromatic heterocycles. The SMILES string of the molecule is Cc1nn(C)c(Oc2cccnc2)c1CN1CC(C)(CO)C1. The third-order valence-electron chi connectivity index (χ3n) is 4.11. The van der Waals surface area contributed by atoms with Gasteiger partial charge in [0.2, 0.25) is 5.88 Å². The molecule has 1 N–H and O–H groups in total. The van der Waals surface area contributed by atoms with E-state index in [2.05, 4.69) is 21.9 Å². The van der Waals surface area contributed by atoms with Gasteiger partial charge in [0, 0.05) is 38.3 Å². The molecule has 22 heavy (non-hydrogen) atoms. The van der Waals surface area contributed by atoms with Crippen LogP contribution in [0.4, 0.5) is 0 Å². The second kappa shape index (κ2) is 5.70. The van der Waals surface area contributed by atoms with Crippen molar-refractivity contribution in [2.45, 2.75) is 20.4 Å². The first-order valence-electron chi connectivity index (χ1n) is 7.44. The van der Waals surface area contributed by atoms with E-state index in [-0.39, 0.29) is 12.0 Å². The van der Waals surface area contributed by atoms with Gasteiger partial charge in [-0.3, -0.25) is 9.88 Å². The van der Waals surface area contributed by atoms with Gasteiger partial charge in [0.15, 0.2) is 0 Å². The highest BCUT2D eigenvalue weighted by Gasteiger charge is 2.38. The van der Waals surface area contributed by atoms with Gasteiger partial charge < -0.3 is 9.84 Å². The molecule has 0 aliphatic carbocycles. The predicted octanol–water partition coefficient (Wildman–Crippen LogP) is 1.73. The highest BCUT2D eigenvalue weighted by atomic mass is 16.5. The topological polar surface area (TPSA) is 63.4 Å². The summed E-state index contributed by atoms with van der Waals surface area (Å²) in [5, 5.41) is 13.8. The molecular weight excluding hydrogens is 280 g/mol. The summed E-state index contributed by atoms with van der Waals surface area (Å²) in [4.78, 5) is 6.37. The van der Waals surface area contributed by atoms with Crippen molar-refractivity contribution in [3.05, 3.63) is 35.8 Å². The van der Waals surface area contributed by atoms with Gasteiger partial charge in [-0.25, -0.2) is 4.68 Å². The zero-order valence-corrected chi connectivity index (χ0v) is 13.3. The number of nitrogens with zero attached hydrogens (tertiary/aromatic N) is 4. The van der Waals surface area contributed by atoms with Crippen molar-refractivity contribution < 1.29 is 9.84 Å². The molecule has 2 aromatic rings. The number of aliphatic hydroxyl groups excluding tert-OH is 1. The minimum atomic E-state index is 0.0283. The number of hydrogen-bond donors (Lipinski definition) is 1. The smallest absolute Gasteiger partial charge is 0.222 e. The van der Waals surface area contributed by atoms with Crippen molar-refractivity contribution >= 4 is 0 Å². The molecule has 1 aliphatic rings. The van der Waals surface area contributed by atoms with Gasteiger partial charge in [-0.1, -0.05) is 6.92 Å². The number of ether oxygens (including phenoxy) is 1. The normalized spacial score (nSPS) is 17.3. The first kappa shape index (κ1) is 15.0. The fourth-order valence-electron chi connectivity index (χ4n) is 2.98. The maximum absolute atomic E-state index is 9.36. The predicted molar refractivity (Wildman–Crippen MR) is 82.7 cm³/mol. The molecule has 3 heterocycles. The van der Waals surface area contributed by atoms with E-state index in [9.17, 15) is 5.11 Å². The molecule has 1 aliphatic heterocycles. The molecule has 0 radical (unpaired) electrons. The highest BCUT2D eigenvalue weighted by Crippen LogP contribution is 2.34. The van der Waals surface area contributed by atoms with Gasteiger partial charge in [-0.05, 0) is 19.1 Å². The molecule has 1 saturated heterocycles. The molecule has 118 valence electrons. The van der Waals surface area contributed by atoms with E-state index in [4.69, 9.17) is 4.74 Å². The van der Waals surface area contributed by atoms with Gasteiger partial charge in [0.05, 0.1) is 24.1 Å². The molecule has 1 fully saturated rings. The van der Waals surface area contributed by atoms with Crippen molar-refractivity contribution in [3.8, 4) is 11.6 Å². The van der Waals surface area contributed by atoms with Crippen LogP contribution in [0.1, 0.15) is 18.2 Å². The fourth-order valence-corrected chi connectivity index (χ4v) is 2.98. The molecule has 3 rings (SSSR count). The second-order valence-electron chi connectivity index (χ2n) is 6.40. The van der Waals surface area contributed by atoms with Crippen molar-refractivity contribution in [2.75, 3.05) is 19.7 Å².